The topological polar surface area (TPSA) is 94.1 Å². The minimum Gasteiger partial charge on any atom is -0.466 e. The molecule has 28 heavy (non-hydrogen) atoms. The molecule has 1 unspecified atom stereocenters. The van der Waals surface area contributed by atoms with Crippen LogP contribution in [0.4, 0.5) is 13.2 Å². The Kier molecular flexibility index (Phi) is 5.48. The van der Waals surface area contributed by atoms with E-state index in [9.17, 15) is 18.0 Å². The number of amides is 1. The Morgan fingerprint density at radius 3 is 2.64 bits per heavy atom. The average Bonchev–Trinajstić information content (AvgIpc) is 3.23. The first-order valence-electron chi connectivity index (χ1n) is 8.40. The van der Waals surface area contributed by atoms with Crippen molar-refractivity contribution in [3.63, 3.8) is 0 Å². The number of carbonyl (C=O) groups is 1. The zero-order valence-corrected chi connectivity index (χ0v) is 15.1. The lowest BCUT2D eigenvalue weighted by Gasteiger charge is -2.21. The van der Waals surface area contributed by atoms with Crippen molar-refractivity contribution in [3.8, 4) is 11.5 Å². The van der Waals surface area contributed by atoms with Gasteiger partial charge >= 0.3 is 6.18 Å². The van der Waals surface area contributed by atoms with Crippen molar-refractivity contribution in [2.75, 3.05) is 0 Å². The second-order valence-electron chi connectivity index (χ2n) is 6.16. The molecule has 1 amide bonds. The van der Waals surface area contributed by atoms with E-state index in [-0.39, 0.29) is 30.2 Å². The number of alkyl halides is 3. The zero-order valence-electron chi connectivity index (χ0n) is 15.1. The molecule has 7 nitrogen and oxygen atoms in total. The van der Waals surface area contributed by atoms with Crippen molar-refractivity contribution >= 4 is 5.91 Å². The van der Waals surface area contributed by atoms with Gasteiger partial charge in [-0.05, 0) is 26.0 Å². The third kappa shape index (κ3) is 4.56. The highest BCUT2D eigenvalue weighted by atomic mass is 19.4. The molecule has 0 fully saturated rings. The Morgan fingerprint density at radius 1 is 1.25 bits per heavy atom. The number of hydrogen-bond donors (Lipinski definition) is 1. The highest BCUT2D eigenvalue weighted by Gasteiger charge is 2.42. The van der Waals surface area contributed by atoms with Gasteiger partial charge in [0.2, 0.25) is 11.8 Å². The Balaban J connectivity index is 1.63. The summed E-state index contributed by atoms with van der Waals surface area (Å²) >= 11 is 0. The molecular weight excluding hydrogens is 377 g/mol. The second-order valence-corrected chi connectivity index (χ2v) is 6.16. The Hall–Kier alpha value is -3.17. The SMILES string of the molecule is Cc1cc(-c2nnc(CCC(=O)NC(c3cccnc3)C(F)(F)F)o2)c(C)o1. The Morgan fingerprint density at radius 2 is 2.04 bits per heavy atom. The Labute approximate surface area is 158 Å². The number of hydrogen-bond acceptors (Lipinski definition) is 6. The van der Waals surface area contributed by atoms with E-state index >= 15 is 0 Å². The third-order valence-corrected chi connectivity index (χ3v) is 3.95. The predicted octanol–water partition coefficient (Wildman–Crippen LogP) is 3.69. The summed E-state index contributed by atoms with van der Waals surface area (Å²) in [6.45, 7) is 3.52. The molecule has 0 aliphatic rings. The summed E-state index contributed by atoms with van der Waals surface area (Å²) in [4.78, 5) is 15.7. The number of aromatic nitrogens is 3. The van der Waals surface area contributed by atoms with Crippen LogP contribution in [-0.4, -0.2) is 27.3 Å². The minimum atomic E-state index is -4.65. The summed E-state index contributed by atoms with van der Waals surface area (Å²) in [5.41, 5.74) is 0.489. The van der Waals surface area contributed by atoms with Crippen LogP contribution >= 0.6 is 0 Å². The van der Waals surface area contributed by atoms with Crippen molar-refractivity contribution in [2.45, 2.75) is 38.9 Å². The normalized spacial score (nSPS) is 12.8. The molecule has 0 aliphatic carbocycles. The second kappa shape index (κ2) is 7.83. The van der Waals surface area contributed by atoms with Crippen LogP contribution in [0.15, 0.2) is 39.4 Å². The maximum absolute atomic E-state index is 13.3. The van der Waals surface area contributed by atoms with Crippen LogP contribution in [0.25, 0.3) is 11.5 Å². The van der Waals surface area contributed by atoms with Crippen LogP contribution in [0, 0.1) is 13.8 Å². The fraction of sp³-hybridized carbons (Fsp3) is 0.333. The molecule has 0 aliphatic heterocycles. The molecule has 0 spiro atoms. The quantitative estimate of drug-likeness (QED) is 0.685. The predicted molar refractivity (Wildman–Crippen MR) is 91.0 cm³/mol. The van der Waals surface area contributed by atoms with E-state index in [0.29, 0.717) is 17.1 Å². The molecule has 10 heteroatoms. The molecule has 0 aromatic carbocycles. The first kappa shape index (κ1) is 19.6. The molecule has 0 radical (unpaired) electrons. The lowest BCUT2D eigenvalue weighted by atomic mass is 10.1. The smallest absolute Gasteiger partial charge is 0.412 e. The van der Waals surface area contributed by atoms with Crippen molar-refractivity contribution in [1.82, 2.24) is 20.5 Å². The van der Waals surface area contributed by atoms with Gasteiger partial charge in [0.1, 0.15) is 11.5 Å². The van der Waals surface area contributed by atoms with Gasteiger partial charge < -0.3 is 14.2 Å². The highest BCUT2D eigenvalue weighted by molar-refractivity contribution is 5.76. The Bertz CT molecular complexity index is 951. The zero-order chi connectivity index (χ0) is 20.3. The number of aryl methyl sites for hydroxylation is 3. The summed E-state index contributed by atoms with van der Waals surface area (Å²) < 4.78 is 50.7. The minimum absolute atomic E-state index is 0.00628. The maximum Gasteiger partial charge on any atom is 0.412 e. The number of nitrogens with zero attached hydrogens (tertiary/aromatic N) is 3. The van der Waals surface area contributed by atoms with Gasteiger partial charge in [-0.3, -0.25) is 9.78 Å². The van der Waals surface area contributed by atoms with E-state index in [2.05, 4.69) is 15.2 Å². The fourth-order valence-electron chi connectivity index (χ4n) is 2.66. The third-order valence-electron chi connectivity index (χ3n) is 3.95. The number of nitrogens with one attached hydrogen (secondary N) is 1. The van der Waals surface area contributed by atoms with Crippen molar-refractivity contribution < 1.29 is 26.8 Å². The molecule has 148 valence electrons. The number of pyridine rings is 1. The highest BCUT2D eigenvalue weighted by Crippen LogP contribution is 2.32. The molecule has 3 aromatic heterocycles. The van der Waals surface area contributed by atoms with E-state index in [4.69, 9.17) is 8.83 Å². The molecular formula is C18H17F3N4O3. The number of carbonyl (C=O) groups excluding carboxylic acids is 1. The largest absolute Gasteiger partial charge is 0.466 e. The lowest BCUT2D eigenvalue weighted by molar-refractivity contribution is -0.163. The van der Waals surface area contributed by atoms with Crippen molar-refractivity contribution in [2.24, 2.45) is 0 Å². The van der Waals surface area contributed by atoms with Gasteiger partial charge in [0.15, 0.2) is 6.04 Å². The first-order valence-corrected chi connectivity index (χ1v) is 8.40. The van der Waals surface area contributed by atoms with E-state index in [1.165, 1.54) is 18.3 Å². The summed E-state index contributed by atoms with van der Waals surface area (Å²) in [6, 6.07) is 2.23. The van der Waals surface area contributed by atoms with Gasteiger partial charge in [0.05, 0.1) is 5.56 Å². The maximum atomic E-state index is 13.3. The number of halogens is 3. The number of rotatable bonds is 6. The molecule has 0 saturated heterocycles. The van der Waals surface area contributed by atoms with Crippen LogP contribution in [-0.2, 0) is 11.2 Å². The van der Waals surface area contributed by atoms with Crippen LogP contribution in [0.5, 0.6) is 0 Å². The molecule has 1 N–H and O–H groups in total. The van der Waals surface area contributed by atoms with Crippen LogP contribution in [0.2, 0.25) is 0 Å². The monoisotopic (exact) mass is 394 g/mol. The van der Waals surface area contributed by atoms with Gasteiger partial charge in [-0.15, -0.1) is 10.2 Å². The van der Waals surface area contributed by atoms with Gasteiger partial charge in [0.25, 0.3) is 5.89 Å². The fourth-order valence-corrected chi connectivity index (χ4v) is 2.66. The van der Waals surface area contributed by atoms with Crippen LogP contribution < -0.4 is 5.32 Å². The first-order chi connectivity index (χ1) is 13.2. The molecule has 3 rings (SSSR count). The van der Waals surface area contributed by atoms with Gasteiger partial charge in [-0.2, -0.15) is 13.2 Å². The van der Waals surface area contributed by atoms with Crippen molar-refractivity contribution in [3.05, 3.63) is 53.6 Å². The van der Waals surface area contributed by atoms with Gasteiger partial charge in [0, 0.05) is 30.8 Å². The summed E-state index contributed by atoms with van der Waals surface area (Å²) in [6.07, 6.45) is -2.45. The summed E-state index contributed by atoms with van der Waals surface area (Å²) in [5, 5.41) is 9.71. The van der Waals surface area contributed by atoms with Crippen LogP contribution in [0.1, 0.15) is 35.4 Å². The van der Waals surface area contributed by atoms with E-state index in [1.807, 2.05) is 5.32 Å². The molecule has 3 aromatic rings. The lowest BCUT2D eigenvalue weighted by Crippen LogP contribution is -2.38. The molecule has 0 bridgehead atoms. The molecule has 3 heterocycles. The standard InChI is InChI=1S/C18H17F3N4O3/c1-10-8-13(11(2)27-10)17-25-24-15(28-17)6-5-14(26)23-16(18(19,20)21)12-4-3-7-22-9-12/h3-4,7-9,16H,5-6H2,1-2H3,(H,23,26). The molecule has 0 saturated carbocycles. The average molecular weight is 394 g/mol. The summed E-state index contributed by atoms with van der Waals surface area (Å²) in [5.74, 6) is 0.873. The molecule has 1 atom stereocenters. The van der Waals surface area contributed by atoms with Gasteiger partial charge in [-0.1, -0.05) is 6.07 Å². The van der Waals surface area contributed by atoms with Crippen LogP contribution in [0.3, 0.4) is 0 Å². The van der Waals surface area contributed by atoms with E-state index in [1.54, 1.807) is 19.9 Å². The van der Waals surface area contributed by atoms with E-state index in [0.717, 1.165) is 6.20 Å². The van der Waals surface area contributed by atoms with E-state index < -0.39 is 18.1 Å². The van der Waals surface area contributed by atoms with Crippen molar-refractivity contribution in [1.29, 1.82) is 0 Å². The summed E-state index contributed by atoms with van der Waals surface area (Å²) in [7, 11) is 0. The van der Waals surface area contributed by atoms with Gasteiger partial charge in [-0.25, -0.2) is 0 Å². The number of furan rings is 1.